The zero-order valence-electron chi connectivity index (χ0n) is 10.6. The minimum absolute atomic E-state index is 0.390. The van der Waals surface area contributed by atoms with Gasteiger partial charge in [-0.25, -0.2) is 9.97 Å². The predicted octanol–water partition coefficient (Wildman–Crippen LogP) is 3.12. The molecule has 0 radical (unpaired) electrons. The van der Waals surface area contributed by atoms with E-state index in [-0.39, 0.29) is 0 Å². The summed E-state index contributed by atoms with van der Waals surface area (Å²) in [5.74, 6) is 3.19. The zero-order chi connectivity index (χ0) is 11.7. The van der Waals surface area contributed by atoms with E-state index in [0.29, 0.717) is 12.0 Å². The summed E-state index contributed by atoms with van der Waals surface area (Å²) in [6.07, 6.45) is 2.53. The second-order valence-electron chi connectivity index (χ2n) is 5.33. The Balaban J connectivity index is 2.08. The number of rotatable bonds is 3. The molecule has 2 rings (SSSR count). The predicted molar refractivity (Wildman–Crippen MR) is 66.7 cm³/mol. The van der Waals surface area contributed by atoms with Crippen LogP contribution in [0.4, 0.5) is 5.82 Å². The quantitative estimate of drug-likeness (QED) is 0.848. The molecule has 0 amide bonds. The van der Waals surface area contributed by atoms with E-state index in [4.69, 9.17) is 0 Å². The fourth-order valence-electron chi connectivity index (χ4n) is 2.15. The third-order valence-electron chi connectivity index (χ3n) is 3.11. The van der Waals surface area contributed by atoms with E-state index in [0.717, 1.165) is 23.3 Å². The van der Waals surface area contributed by atoms with E-state index in [9.17, 15) is 0 Å². The number of hydrogen-bond acceptors (Lipinski definition) is 3. The van der Waals surface area contributed by atoms with Crippen molar-refractivity contribution < 1.29 is 0 Å². The summed E-state index contributed by atoms with van der Waals surface area (Å²) < 4.78 is 0. The highest BCUT2D eigenvalue weighted by molar-refractivity contribution is 5.38. The Hall–Kier alpha value is -1.12. The van der Waals surface area contributed by atoms with Gasteiger partial charge in [0.05, 0.1) is 0 Å². The maximum atomic E-state index is 4.56. The number of nitrogens with zero attached hydrogens (tertiary/aromatic N) is 2. The van der Waals surface area contributed by atoms with Gasteiger partial charge in [0.25, 0.3) is 0 Å². The first-order chi connectivity index (χ1) is 7.54. The second-order valence-corrected chi connectivity index (χ2v) is 5.33. The lowest BCUT2D eigenvalue weighted by molar-refractivity contribution is 0.308. The van der Waals surface area contributed by atoms with Gasteiger partial charge >= 0.3 is 0 Å². The molecule has 0 bridgehead atoms. The summed E-state index contributed by atoms with van der Waals surface area (Å²) in [6.45, 7) is 8.58. The Morgan fingerprint density at radius 1 is 1.31 bits per heavy atom. The molecule has 0 aromatic carbocycles. The molecule has 1 fully saturated rings. The van der Waals surface area contributed by atoms with Gasteiger partial charge in [-0.2, -0.15) is 0 Å². The molecule has 88 valence electrons. The van der Waals surface area contributed by atoms with E-state index in [1.54, 1.807) is 0 Å². The Morgan fingerprint density at radius 3 is 2.56 bits per heavy atom. The summed E-state index contributed by atoms with van der Waals surface area (Å²) >= 11 is 0. The fourth-order valence-corrected chi connectivity index (χ4v) is 2.15. The van der Waals surface area contributed by atoms with Crippen LogP contribution in [0.2, 0.25) is 0 Å². The number of hydrogen-bond donors (Lipinski definition) is 1. The van der Waals surface area contributed by atoms with Gasteiger partial charge in [-0.1, -0.05) is 20.8 Å². The number of anilines is 1. The van der Waals surface area contributed by atoms with E-state index in [2.05, 4.69) is 36.1 Å². The molecule has 0 atom stereocenters. The van der Waals surface area contributed by atoms with Crippen molar-refractivity contribution in [3.05, 3.63) is 17.6 Å². The third kappa shape index (κ3) is 2.52. The molecule has 3 nitrogen and oxygen atoms in total. The lowest BCUT2D eigenvalue weighted by Crippen LogP contribution is -2.34. The van der Waals surface area contributed by atoms with Crippen LogP contribution < -0.4 is 5.32 Å². The Kier molecular flexibility index (Phi) is 3.13. The molecule has 1 aromatic heterocycles. The van der Waals surface area contributed by atoms with Crippen LogP contribution >= 0.6 is 0 Å². The maximum absolute atomic E-state index is 4.56. The molecule has 1 aliphatic carbocycles. The van der Waals surface area contributed by atoms with Gasteiger partial charge in [-0.3, -0.25) is 0 Å². The molecule has 16 heavy (non-hydrogen) atoms. The normalized spacial score (nSPS) is 24.3. The van der Waals surface area contributed by atoms with E-state index >= 15 is 0 Å². The minimum atomic E-state index is 0.390. The molecule has 3 heteroatoms. The Bertz CT molecular complexity index is 367. The number of nitrogens with one attached hydrogen (secondary N) is 1. The van der Waals surface area contributed by atoms with Crippen LogP contribution in [0.15, 0.2) is 6.07 Å². The summed E-state index contributed by atoms with van der Waals surface area (Å²) in [4.78, 5) is 9.01. The average molecular weight is 219 g/mol. The zero-order valence-corrected chi connectivity index (χ0v) is 10.6. The lowest BCUT2D eigenvalue weighted by Gasteiger charge is -2.33. The van der Waals surface area contributed by atoms with Crippen molar-refractivity contribution >= 4 is 5.82 Å². The topological polar surface area (TPSA) is 37.8 Å². The van der Waals surface area contributed by atoms with Gasteiger partial charge in [-0.15, -0.1) is 0 Å². The van der Waals surface area contributed by atoms with Crippen LogP contribution in [0.25, 0.3) is 0 Å². The van der Waals surface area contributed by atoms with Crippen molar-refractivity contribution in [2.75, 3.05) is 5.32 Å². The second kappa shape index (κ2) is 4.40. The van der Waals surface area contributed by atoms with Gasteiger partial charge in [-0.05, 0) is 25.7 Å². The molecule has 1 aromatic rings. The standard InChI is InChI=1S/C13H21N3/c1-8(2)13-14-10(4)7-12(16-13)15-11-5-9(3)6-11/h7-9,11H,5-6H2,1-4H3,(H,14,15,16). The summed E-state index contributed by atoms with van der Waals surface area (Å²) in [5, 5.41) is 3.49. The average Bonchev–Trinajstić information content (AvgIpc) is 2.14. The van der Waals surface area contributed by atoms with Gasteiger partial charge in [0.1, 0.15) is 11.6 Å². The van der Waals surface area contributed by atoms with Gasteiger partial charge in [0.15, 0.2) is 0 Å². The Morgan fingerprint density at radius 2 is 2.00 bits per heavy atom. The van der Waals surface area contributed by atoms with Crippen molar-refractivity contribution in [1.82, 2.24) is 9.97 Å². The molecule has 0 spiro atoms. The lowest BCUT2D eigenvalue weighted by atomic mass is 9.82. The molecule has 1 N–H and O–H groups in total. The van der Waals surface area contributed by atoms with Crippen molar-refractivity contribution in [3.8, 4) is 0 Å². The monoisotopic (exact) mass is 219 g/mol. The fraction of sp³-hybridized carbons (Fsp3) is 0.692. The van der Waals surface area contributed by atoms with Crippen LogP contribution in [0, 0.1) is 12.8 Å². The first-order valence-corrected chi connectivity index (χ1v) is 6.16. The maximum Gasteiger partial charge on any atom is 0.133 e. The molecule has 0 unspecified atom stereocenters. The highest BCUT2D eigenvalue weighted by Crippen LogP contribution is 2.29. The number of aryl methyl sites for hydroxylation is 1. The SMILES string of the molecule is Cc1cc(NC2CC(C)C2)nc(C(C)C)n1. The van der Waals surface area contributed by atoms with Gasteiger partial charge < -0.3 is 5.32 Å². The van der Waals surface area contributed by atoms with Crippen LogP contribution in [0.1, 0.15) is 51.0 Å². The summed E-state index contributed by atoms with van der Waals surface area (Å²) in [5.41, 5.74) is 1.05. The van der Waals surface area contributed by atoms with Crippen LogP contribution in [0.5, 0.6) is 0 Å². The van der Waals surface area contributed by atoms with Gasteiger partial charge in [0, 0.05) is 23.7 Å². The first kappa shape index (κ1) is 11.4. The molecule has 1 heterocycles. The molecule has 0 saturated heterocycles. The van der Waals surface area contributed by atoms with E-state index < -0.39 is 0 Å². The van der Waals surface area contributed by atoms with Crippen molar-refractivity contribution in [1.29, 1.82) is 0 Å². The van der Waals surface area contributed by atoms with E-state index in [1.165, 1.54) is 12.8 Å². The highest BCUT2D eigenvalue weighted by Gasteiger charge is 2.25. The summed E-state index contributed by atoms with van der Waals surface area (Å²) in [7, 11) is 0. The first-order valence-electron chi connectivity index (χ1n) is 6.16. The summed E-state index contributed by atoms with van der Waals surface area (Å²) in [6, 6.07) is 2.65. The minimum Gasteiger partial charge on any atom is -0.367 e. The molecule has 1 saturated carbocycles. The molecular formula is C13H21N3. The number of aromatic nitrogens is 2. The third-order valence-corrected chi connectivity index (χ3v) is 3.11. The van der Waals surface area contributed by atoms with Gasteiger partial charge in [0.2, 0.25) is 0 Å². The Labute approximate surface area is 97.7 Å². The van der Waals surface area contributed by atoms with E-state index in [1.807, 2.05) is 13.0 Å². The van der Waals surface area contributed by atoms with Crippen LogP contribution in [-0.4, -0.2) is 16.0 Å². The largest absolute Gasteiger partial charge is 0.367 e. The highest BCUT2D eigenvalue weighted by atomic mass is 15.1. The molecule has 0 aliphatic heterocycles. The van der Waals surface area contributed by atoms with Crippen LogP contribution in [0.3, 0.4) is 0 Å². The smallest absolute Gasteiger partial charge is 0.133 e. The van der Waals surface area contributed by atoms with Crippen molar-refractivity contribution in [3.63, 3.8) is 0 Å². The molecule has 1 aliphatic rings. The van der Waals surface area contributed by atoms with Crippen molar-refractivity contribution in [2.24, 2.45) is 5.92 Å². The molecular weight excluding hydrogens is 198 g/mol. The van der Waals surface area contributed by atoms with Crippen LogP contribution in [-0.2, 0) is 0 Å². The van der Waals surface area contributed by atoms with Crippen molar-refractivity contribution in [2.45, 2.75) is 52.5 Å².